The van der Waals surface area contributed by atoms with E-state index >= 15 is 0 Å². The summed E-state index contributed by atoms with van der Waals surface area (Å²) in [5, 5.41) is 9.48. The zero-order chi connectivity index (χ0) is 17.3. The number of amides is 1. The van der Waals surface area contributed by atoms with Gasteiger partial charge in [0.25, 0.3) is 0 Å². The number of hydrogen-bond acceptors (Lipinski definition) is 5. The molecule has 0 aliphatic heterocycles. The maximum atomic E-state index is 12.5. The van der Waals surface area contributed by atoms with Crippen molar-refractivity contribution in [1.29, 1.82) is 0 Å². The Balaban J connectivity index is 1.94. The van der Waals surface area contributed by atoms with Gasteiger partial charge in [0.2, 0.25) is 5.91 Å². The fraction of sp³-hybridized carbons (Fsp3) is 0.529. The van der Waals surface area contributed by atoms with Crippen LogP contribution in [-0.4, -0.2) is 49.9 Å². The number of carbonyl (C=O) groups excluding carboxylic acids is 1. The van der Waals surface area contributed by atoms with E-state index in [1.54, 1.807) is 31.4 Å². The van der Waals surface area contributed by atoms with Crippen molar-refractivity contribution in [3.63, 3.8) is 0 Å². The van der Waals surface area contributed by atoms with Gasteiger partial charge >= 0.3 is 0 Å². The molecule has 0 bridgehead atoms. The summed E-state index contributed by atoms with van der Waals surface area (Å²) in [6.07, 6.45) is 5.80. The molecule has 24 heavy (non-hydrogen) atoms. The lowest BCUT2D eigenvalue weighted by Gasteiger charge is -2.23. The van der Waals surface area contributed by atoms with Crippen LogP contribution < -0.4 is 0 Å². The summed E-state index contributed by atoms with van der Waals surface area (Å²) in [5.74, 6) is 1.20. The van der Waals surface area contributed by atoms with Crippen molar-refractivity contribution in [2.24, 2.45) is 5.92 Å². The molecule has 1 saturated carbocycles. The molecule has 2 aromatic rings. The summed E-state index contributed by atoms with van der Waals surface area (Å²) in [6, 6.07) is 4.33. The molecule has 128 valence electrons. The normalized spacial score (nSPS) is 15.5. The Morgan fingerprint density at radius 1 is 1.25 bits per heavy atom. The number of carbonyl (C=O) groups is 1. The minimum atomic E-state index is -0.160. The van der Waals surface area contributed by atoms with Crippen molar-refractivity contribution < 1.29 is 4.79 Å². The first-order valence-electron chi connectivity index (χ1n) is 8.22. The number of aromatic nitrogens is 4. The Kier molecular flexibility index (Phi) is 4.89. The van der Waals surface area contributed by atoms with Gasteiger partial charge < -0.3 is 4.90 Å². The lowest BCUT2D eigenvalue weighted by Crippen LogP contribution is -2.35. The topological polar surface area (TPSA) is 63.9 Å². The van der Waals surface area contributed by atoms with E-state index < -0.39 is 0 Å². The fourth-order valence-corrected chi connectivity index (χ4v) is 3.80. The average Bonchev–Trinajstić information content (AvgIpc) is 3.32. The van der Waals surface area contributed by atoms with Crippen molar-refractivity contribution in [3.05, 3.63) is 24.5 Å². The Hall–Kier alpha value is -1.89. The largest absolute Gasteiger partial charge is 0.348 e. The third-order valence-electron chi connectivity index (χ3n) is 4.04. The quantitative estimate of drug-likeness (QED) is 0.753. The molecule has 0 aromatic carbocycles. The number of hydrogen-bond donors (Lipinski definition) is 0. The monoisotopic (exact) mass is 345 g/mol. The molecule has 3 rings (SSSR count). The van der Waals surface area contributed by atoms with E-state index in [-0.39, 0.29) is 17.1 Å². The molecule has 0 saturated heterocycles. The third kappa shape index (κ3) is 3.45. The highest BCUT2D eigenvalue weighted by atomic mass is 32.2. The van der Waals surface area contributed by atoms with Crippen molar-refractivity contribution in [2.75, 3.05) is 14.1 Å². The molecule has 0 radical (unpaired) electrons. The van der Waals surface area contributed by atoms with E-state index in [9.17, 15) is 4.79 Å². The van der Waals surface area contributed by atoms with Crippen LogP contribution in [0.1, 0.15) is 32.7 Å². The van der Waals surface area contributed by atoms with Crippen LogP contribution in [0.4, 0.5) is 0 Å². The summed E-state index contributed by atoms with van der Waals surface area (Å²) >= 11 is 1.53. The standard InChI is InChI=1S/C17H23N5OS/c1-11(2)14(16(23)21(3)4)24-17-20-19-15(22(17)13-5-6-13)12-7-9-18-10-8-12/h7-11,13-14H,5-6H2,1-4H3. The Morgan fingerprint density at radius 3 is 2.46 bits per heavy atom. The summed E-state index contributed by atoms with van der Waals surface area (Å²) in [6.45, 7) is 4.14. The SMILES string of the molecule is CC(C)C(Sc1nnc(-c2ccncc2)n1C1CC1)C(=O)N(C)C. The Bertz CT molecular complexity index is 709. The average molecular weight is 345 g/mol. The molecule has 7 heteroatoms. The van der Waals surface area contributed by atoms with Crippen molar-refractivity contribution >= 4 is 17.7 Å². The van der Waals surface area contributed by atoms with Crippen molar-refractivity contribution in [3.8, 4) is 11.4 Å². The van der Waals surface area contributed by atoms with Crippen LogP contribution in [0.2, 0.25) is 0 Å². The third-order valence-corrected chi connectivity index (χ3v) is 5.53. The molecule has 1 amide bonds. The first kappa shape index (κ1) is 17.0. The maximum Gasteiger partial charge on any atom is 0.235 e. The van der Waals surface area contributed by atoms with Gasteiger partial charge in [-0.3, -0.25) is 14.3 Å². The second kappa shape index (κ2) is 6.93. The maximum absolute atomic E-state index is 12.5. The van der Waals surface area contributed by atoms with Crippen LogP contribution in [0.5, 0.6) is 0 Å². The second-order valence-electron chi connectivity index (χ2n) is 6.66. The molecular weight excluding hydrogens is 322 g/mol. The molecule has 1 atom stereocenters. The highest BCUT2D eigenvalue weighted by Gasteiger charge is 2.33. The van der Waals surface area contributed by atoms with Gasteiger partial charge in [0, 0.05) is 38.1 Å². The first-order chi connectivity index (χ1) is 11.5. The molecular formula is C17H23N5OS. The van der Waals surface area contributed by atoms with Gasteiger partial charge in [-0.25, -0.2) is 0 Å². The van der Waals surface area contributed by atoms with Gasteiger partial charge in [-0.2, -0.15) is 0 Å². The van der Waals surface area contributed by atoms with Crippen LogP contribution in [0.3, 0.4) is 0 Å². The molecule has 0 N–H and O–H groups in total. The Morgan fingerprint density at radius 2 is 1.92 bits per heavy atom. The predicted molar refractivity (Wildman–Crippen MR) is 94.7 cm³/mol. The number of nitrogens with zero attached hydrogens (tertiary/aromatic N) is 5. The number of thioether (sulfide) groups is 1. The van der Waals surface area contributed by atoms with Crippen LogP contribution in [0.25, 0.3) is 11.4 Å². The van der Waals surface area contributed by atoms with Gasteiger partial charge in [0.1, 0.15) is 0 Å². The van der Waals surface area contributed by atoms with E-state index in [0.717, 1.165) is 29.4 Å². The van der Waals surface area contributed by atoms with Crippen LogP contribution in [-0.2, 0) is 4.79 Å². The van der Waals surface area contributed by atoms with Crippen molar-refractivity contribution in [1.82, 2.24) is 24.6 Å². The minimum Gasteiger partial charge on any atom is -0.348 e. The highest BCUT2D eigenvalue weighted by Crippen LogP contribution is 2.42. The summed E-state index contributed by atoms with van der Waals surface area (Å²) in [7, 11) is 3.60. The van der Waals surface area contributed by atoms with Gasteiger partial charge in [-0.05, 0) is 30.9 Å². The highest BCUT2D eigenvalue weighted by molar-refractivity contribution is 8.00. The van der Waals surface area contributed by atoms with E-state index in [1.807, 2.05) is 12.1 Å². The first-order valence-corrected chi connectivity index (χ1v) is 9.10. The summed E-state index contributed by atoms with van der Waals surface area (Å²) in [4.78, 5) is 18.2. The van der Waals surface area contributed by atoms with E-state index in [2.05, 4.69) is 33.6 Å². The van der Waals surface area contributed by atoms with E-state index in [4.69, 9.17) is 0 Å². The lowest BCUT2D eigenvalue weighted by molar-refractivity contribution is -0.128. The molecule has 0 spiro atoms. The molecule has 2 heterocycles. The predicted octanol–water partition coefficient (Wildman–Crippen LogP) is 2.88. The Labute approximate surface area is 146 Å². The van der Waals surface area contributed by atoms with Gasteiger partial charge in [-0.1, -0.05) is 25.6 Å². The van der Waals surface area contributed by atoms with E-state index in [1.165, 1.54) is 11.8 Å². The van der Waals surface area contributed by atoms with Crippen molar-refractivity contribution in [2.45, 2.75) is 43.1 Å². The zero-order valence-corrected chi connectivity index (χ0v) is 15.3. The van der Waals surface area contributed by atoms with Gasteiger partial charge in [-0.15, -0.1) is 10.2 Å². The smallest absolute Gasteiger partial charge is 0.235 e. The molecule has 1 fully saturated rings. The van der Waals surface area contributed by atoms with Crippen LogP contribution in [0, 0.1) is 5.92 Å². The molecule has 6 nitrogen and oxygen atoms in total. The minimum absolute atomic E-state index is 0.116. The number of rotatable bonds is 6. The zero-order valence-electron chi connectivity index (χ0n) is 14.5. The second-order valence-corrected chi connectivity index (χ2v) is 7.77. The molecule has 1 aliphatic rings. The molecule has 2 aromatic heterocycles. The van der Waals surface area contributed by atoms with Gasteiger partial charge in [0.15, 0.2) is 11.0 Å². The fourth-order valence-electron chi connectivity index (χ4n) is 2.56. The number of pyridine rings is 1. The molecule has 1 unspecified atom stereocenters. The lowest BCUT2D eigenvalue weighted by atomic mass is 10.1. The van der Waals surface area contributed by atoms with Crippen LogP contribution in [0.15, 0.2) is 29.7 Å². The molecule has 1 aliphatic carbocycles. The van der Waals surface area contributed by atoms with Gasteiger partial charge in [0.05, 0.1) is 5.25 Å². The van der Waals surface area contributed by atoms with E-state index in [0.29, 0.717) is 6.04 Å². The summed E-state index contributed by atoms with van der Waals surface area (Å²) < 4.78 is 2.19. The van der Waals surface area contributed by atoms with Crippen LogP contribution >= 0.6 is 11.8 Å². The summed E-state index contributed by atoms with van der Waals surface area (Å²) in [5.41, 5.74) is 1.01.